The van der Waals surface area contributed by atoms with E-state index in [1.807, 2.05) is 0 Å². The van der Waals surface area contributed by atoms with Gasteiger partial charge in [-0.2, -0.15) is 48.3 Å². The second-order valence-corrected chi connectivity index (χ2v) is 5.89. The quantitative estimate of drug-likeness (QED) is 0.441. The van der Waals surface area contributed by atoms with Crippen molar-refractivity contribution in [2.24, 2.45) is 0 Å². The summed E-state index contributed by atoms with van der Waals surface area (Å²) in [4.78, 5) is 12.0. The molecule has 1 aliphatic rings. The highest BCUT2D eigenvalue weighted by Gasteiger charge is 2.74. The van der Waals surface area contributed by atoms with Crippen molar-refractivity contribution >= 4 is 11.5 Å². The number of benzene rings is 1. The highest BCUT2D eigenvalue weighted by atomic mass is 19.4. The van der Waals surface area contributed by atoms with Gasteiger partial charge in [-0.05, 0) is 31.2 Å². The van der Waals surface area contributed by atoms with Gasteiger partial charge < -0.3 is 9.47 Å². The van der Waals surface area contributed by atoms with E-state index in [1.165, 1.54) is 0 Å². The third kappa shape index (κ3) is 3.67. The summed E-state index contributed by atoms with van der Waals surface area (Å²) >= 11 is 0. The zero-order valence-corrected chi connectivity index (χ0v) is 14.4. The van der Waals surface area contributed by atoms with Crippen LogP contribution in [0.15, 0.2) is 24.3 Å². The molecule has 0 aliphatic carbocycles. The molecule has 1 aliphatic heterocycles. The molecule has 0 unspecified atom stereocenters. The van der Waals surface area contributed by atoms with Gasteiger partial charge in [0.05, 0.1) is 12.2 Å². The van der Waals surface area contributed by atoms with Crippen molar-refractivity contribution < 1.29 is 62.6 Å². The minimum Gasteiger partial charge on any atom is -0.464 e. The zero-order chi connectivity index (χ0) is 23.3. The number of carbonyl (C=O) groups is 1. The third-order valence-electron chi connectivity index (χ3n) is 3.94. The summed E-state index contributed by atoms with van der Waals surface area (Å²) in [6.07, 6.45) is -19.3. The van der Waals surface area contributed by atoms with Crippen LogP contribution < -0.4 is 4.74 Å². The molecule has 30 heavy (non-hydrogen) atoms. The van der Waals surface area contributed by atoms with Crippen LogP contribution in [0.1, 0.15) is 18.1 Å². The van der Waals surface area contributed by atoms with Crippen molar-refractivity contribution in [1.29, 1.82) is 0 Å². The molecule has 0 radical (unpaired) electrons. The standard InChI is InChI=1S/C16H9F11O3/c1-2-29-11(28)9-6-12(14(19,20)21,15(22,23)24)30-10-4-3-7(5-8(9)10)13(17,18)16(25,26)27/h3-6H,2H2,1H3. The summed E-state index contributed by atoms with van der Waals surface area (Å²) in [5.74, 6) is -8.73. The Morgan fingerprint density at radius 3 is 1.93 bits per heavy atom. The third-order valence-corrected chi connectivity index (χ3v) is 3.94. The van der Waals surface area contributed by atoms with Crippen LogP contribution in [0.2, 0.25) is 0 Å². The first kappa shape index (κ1) is 23.7. The molecule has 1 heterocycles. The number of alkyl halides is 11. The molecule has 0 N–H and O–H groups in total. The molecular weight excluding hydrogens is 449 g/mol. The lowest BCUT2D eigenvalue weighted by atomic mass is 9.89. The summed E-state index contributed by atoms with van der Waals surface area (Å²) in [6, 6.07) is -0.0804. The van der Waals surface area contributed by atoms with Gasteiger partial charge in [0.25, 0.3) is 0 Å². The van der Waals surface area contributed by atoms with Crippen molar-refractivity contribution in [3.8, 4) is 5.75 Å². The van der Waals surface area contributed by atoms with Crippen LogP contribution in [0.3, 0.4) is 0 Å². The molecule has 168 valence electrons. The summed E-state index contributed by atoms with van der Waals surface area (Å²) in [6.45, 7) is 0.587. The van der Waals surface area contributed by atoms with Gasteiger partial charge in [0.15, 0.2) is 0 Å². The number of carbonyl (C=O) groups excluding carboxylic acids is 1. The van der Waals surface area contributed by atoms with E-state index < -0.39 is 71.2 Å². The van der Waals surface area contributed by atoms with Gasteiger partial charge >= 0.3 is 36.0 Å². The first-order valence-electron chi connectivity index (χ1n) is 7.71. The Morgan fingerprint density at radius 2 is 1.50 bits per heavy atom. The van der Waals surface area contributed by atoms with Crippen molar-refractivity contribution in [1.82, 2.24) is 0 Å². The second kappa shape index (κ2) is 7.01. The molecule has 0 bridgehead atoms. The molecule has 1 aromatic carbocycles. The van der Waals surface area contributed by atoms with Crippen molar-refractivity contribution in [2.75, 3.05) is 6.61 Å². The summed E-state index contributed by atoms with van der Waals surface area (Å²) in [7, 11) is 0. The molecule has 0 amide bonds. The Labute approximate surface area is 160 Å². The molecule has 0 spiro atoms. The normalized spacial score (nSPS) is 17.0. The highest BCUT2D eigenvalue weighted by Crippen LogP contribution is 2.53. The molecule has 3 nitrogen and oxygen atoms in total. The van der Waals surface area contributed by atoms with Crippen LogP contribution in [-0.4, -0.2) is 36.7 Å². The molecule has 0 aromatic heterocycles. The van der Waals surface area contributed by atoms with E-state index in [-0.39, 0.29) is 18.2 Å². The van der Waals surface area contributed by atoms with Crippen LogP contribution in [0.4, 0.5) is 48.3 Å². The number of esters is 1. The van der Waals surface area contributed by atoms with Gasteiger partial charge in [0, 0.05) is 11.1 Å². The minimum absolute atomic E-state index is 0.0576. The predicted molar refractivity (Wildman–Crippen MR) is 76.5 cm³/mol. The molecule has 0 saturated heterocycles. The highest BCUT2D eigenvalue weighted by molar-refractivity contribution is 6.18. The Bertz CT molecular complexity index is 849. The molecule has 2 rings (SSSR count). The smallest absolute Gasteiger partial charge is 0.458 e. The molecule has 0 saturated carbocycles. The van der Waals surface area contributed by atoms with Crippen LogP contribution in [0.25, 0.3) is 5.57 Å². The maximum absolute atomic E-state index is 13.6. The number of hydrogen-bond donors (Lipinski definition) is 0. The largest absolute Gasteiger partial charge is 0.464 e. The Kier molecular flexibility index (Phi) is 5.55. The Hall–Kier alpha value is -2.54. The van der Waals surface area contributed by atoms with Crippen LogP contribution in [0.5, 0.6) is 5.75 Å². The first-order chi connectivity index (χ1) is 13.4. The lowest BCUT2D eigenvalue weighted by Crippen LogP contribution is -2.61. The first-order valence-corrected chi connectivity index (χ1v) is 7.71. The number of fused-ring (bicyclic) bond motifs is 1. The van der Waals surface area contributed by atoms with E-state index in [4.69, 9.17) is 0 Å². The fraction of sp³-hybridized carbons (Fsp3) is 0.438. The van der Waals surface area contributed by atoms with E-state index >= 15 is 0 Å². The SMILES string of the molecule is CCOC(=O)C1=CC(C(F)(F)F)(C(F)(F)F)Oc2ccc(C(F)(F)C(F)(F)F)cc21. The van der Waals surface area contributed by atoms with Gasteiger partial charge in [0.1, 0.15) is 5.75 Å². The van der Waals surface area contributed by atoms with Crippen molar-refractivity contribution in [2.45, 2.75) is 37.0 Å². The van der Waals surface area contributed by atoms with E-state index in [0.717, 1.165) is 6.92 Å². The van der Waals surface area contributed by atoms with Crippen molar-refractivity contribution in [3.05, 3.63) is 35.4 Å². The van der Waals surface area contributed by atoms with Gasteiger partial charge in [0.2, 0.25) is 0 Å². The number of rotatable bonds is 3. The molecule has 0 fully saturated rings. The topological polar surface area (TPSA) is 35.5 Å². The Morgan fingerprint density at radius 1 is 0.967 bits per heavy atom. The molecule has 0 atom stereocenters. The lowest BCUT2D eigenvalue weighted by molar-refractivity contribution is -0.338. The number of ether oxygens (including phenoxy) is 2. The summed E-state index contributed by atoms with van der Waals surface area (Å²) < 4.78 is 153. The zero-order valence-electron chi connectivity index (χ0n) is 14.4. The van der Waals surface area contributed by atoms with Gasteiger partial charge in [-0.3, -0.25) is 0 Å². The average Bonchev–Trinajstić information content (AvgIpc) is 2.57. The van der Waals surface area contributed by atoms with Crippen molar-refractivity contribution in [3.63, 3.8) is 0 Å². The van der Waals surface area contributed by atoms with E-state index in [0.29, 0.717) is 0 Å². The monoisotopic (exact) mass is 458 g/mol. The minimum atomic E-state index is -6.19. The average molecular weight is 458 g/mol. The van der Waals surface area contributed by atoms with Crippen LogP contribution >= 0.6 is 0 Å². The van der Waals surface area contributed by atoms with Gasteiger partial charge in [-0.1, -0.05) is 0 Å². The molecule has 1 aromatic rings. The molecule has 14 heteroatoms. The van der Waals surface area contributed by atoms with E-state index in [1.54, 1.807) is 0 Å². The fourth-order valence-corrected chi connectivity index (χ4v) is 2.49. The second-order valence-electron chi connectivity index (χ2n) is 5.89. The van der Waals surface area contributed by atoms with E-state index in [2.05, 4.69) is 9.47 Å². The summed E-state index contributed by atoms with van der Waals surface area (Å²) in [5.41, 5.74) is -9.59. The lowest BCUT2D eigenvalue weighted by Gasteiger charge is -2.38. The van der Waals surface area contributed by atoms with Gasteiger partial charge in [-0.25, -0.2) is 4.79 Å². The van der Waals surface area contributed by atoms with Crippen LogP contribution in [0, 0.1) is 0 Å². The maximum Gasteiger partial charge on any atom is 0.458 e. The van der Waals surface area contributed by atoms with Gasteiger partial charge in [-0.15, -0.1) is 0 Å². The number of halogens is 11. The Balaban J connectivity index is 2.81. The predicted octanol–water partition coefficient (Wildman–Crippen LogP) is 5.54. The van der Waals surface area contributed by atoms with Crippen LogP contribution in [-0.2, 0) is 15.5 Å². The molecular formula is C16H9F11O3. The fourth-order valence-electron chi connectivity index (χ4n) is 2.49. The van der Waals surface area contributed by atoms with E-state index in [9.17, 15) is 53.1 Å². The number of hydrogen-bond acceptors (Lipinski definition) is 3. The maximum atomic E-state index is 13.6. The summed E-state index contributed by atoms with van der Waals surface area (Å²) in [5, 5.41) is 0.